The van der Waals surface area contributed by atoms with Crippen LogP contribution in [0.15, 0.2) is 182 Å². The zero-order valence-electron chi connectivity index (χ0n) is 24.7. The average Bonchev–Trinajstić information content (AvgIpc) is 3.90. The summed E-state index contributed by atoms with van der Waals surface area (Å²) in [4.78, 5) is 22.7. The highest BCUT2D eigenvalue weighted by molar-refractivity contribution is 7.08. The van der Waals surface area contributed by atoms with Crippen molar-refractivity contribution in [1.29, 1.82) is 0 Å². The SMILES string of the molecule is Clc1ccccc1C1(C2(c3ccsc3)N=C(c3ccccc3)C(c3ccccc3)=N2)N=C(c2ccccc2)C(c2ccccc2)=N1. The number of aliphatic imine (C=N–C) groups is 4. The number of thiophene rings is 1. The Morgan fingerprint density at radius 3 is 1.15 bits per heavy atom. The van der Waals surface area contributed by atoms with Gasteiger partial charge in [-0.2, -0.15) is 11.3 Å². The normalized spacial score (nSPS) is 16.4. The van der Waals surface area contributed by atoms with Crippen LogP contribution in [0.3, 0.4) is 0 Å². The molecule has 4 nitrogen and oxygen atoms in total. The van der Waals surface area contributed by atoms with Crippen LogP contribution in [-0.2, 0) is 11.3 Å². The molecule has 0 bridgehead atoms. The number of halogens is 1. The van der Waals surface area contributed by atoms with Gasteiger partial charge in [0.1, 0.15) is 0 Å². The molecular formula is C40H27ClN4S. The molecule has 2 aliphatic heterocycles. The summed E-state index contributed by atoms with van der Waals surface area (Å²) in [5, 5.41) is 4.71. The van der Waals surface area contributed by atoms with Crippen molar-refractivity contribution in [3.05, 3.63) is 201 Å². The lowest BCUT2D eigenvalue weighted by atomic mass is 9.83. The van der Waals surface area contributed by atoms with Gasteiger partial charge in [-0.05, 0) is 22.9 Å². The molecule has 46 heavy (non-hydrogen) atoms. The molecular weight excluding hydrogens is 604 g/mol. The molecule has 0 saturated carbocycles. The Hall–Kier alpha value is -5.23. The zero-order valence-corrected chi connectivity index (χ0v) is 26.2. The van der Waals surface area contributed by atoms with Crippen molar-refractivity contribution < 1.29 is 0 Å². The molecule has 0 radical (unpaired) electrons. The van der Waals surface area contributed by atoms with E-state index in [1.807, 2.05) is 97.1 Å². The standard InChI is InChI=1S/C40H27ClN4S/c41-34-24-14-13-23-33(34)40(44-37(30-19-9-3-10-20-30)38(45-40)31-21-11-4-12-22-31)39(32-25-26-46-27-32)42-35(28-15-5-1-6-16-28)36(43-39)29-17-7-2-8-18-29/h1-27H. The van der Waals surface area contributed by atoms with Gasteiger partial charge in [-0.1, -0.05) is 151 Å². The highest BCUT2D eigenvalue weighted by Crippen LogP contribution is 2.56. The van der Waals surface area contributed by atoms with Gasteiger partial charge in [0.2, 0.25) is 11.3 Å². The Morgan fingerprint density at radius 1 is 0.413 bits per heavy atom. The Kier molecular flexibility index (Phi) is 7.13. The van der Waals surface area contributed by atoms with Crippen molar-refractivity contribution in [3.63, 3.8) is 0 Å². The Morgan fingerprint density at radius 2 is 0.783 bits per heavy atom. The fourth-order valence-corrected chi connectivity index (χ4v) is 7.22. The van der Waals surface area contributed by atoms with E-state index < -0.39 is 11.3 Å². The smallest absolute Gasteiger partial charge is 0.227 e. The van der Waals surface area contributed by atoms with E-state index in [4.69, 9.17) is 31.6 Å². The second-order valence-electron chi connectivity index (χ2n) is 11.1. The molecule has 0 fully saturated rings. The molecule has 6 heteroatoms. The van der Waals surface area contributed by atoms with Crippen molar-refractivity contribution in [1.82, 2.24) is 0 Å². The third-order valence-corrected chi connectivity index (χ3v) is 9.40. The Labute approximate surface area is 276 Å². The van der Waals surface area contributed by atoms with E-state index in [2.05, 4.69) is 65.4 Å². The van der Waals surface area contributed by atoms with Crippen LogP contribution in [0, 0.1) is 0 Å². The summed E-state index contributed by atoms with van der Waals surface area (Å²) in [6, 6.07) is 50.8. The Bertz CT molecular complexity index is 2030. The minimum Gasteiger partial charge on any atom is -0.243 e. The van der Waals surface area contributed by atoms with Crippen molar-refractivity contribution in [2.24, 2.45) is 20.0 Å². The number of rotatable bonds is 7. The maximum absolute atomic E-state index is 7.16. The first-order valence-corrected chi connectivity index (χ1v) is 16.4. The van der Waals surface area contributed by atoms with Gasteiger partial charge in [0.25, 0.3) is 0 Å². The topological polar surface area (TPSA) is 49.4 Å². The first-order chi connectivity index (χ1) is 22.7. The minimum absolute atomic E-state index is 0.547. The minimum atomic E-state index is -1.38. The van der Waals surface area contributed by atoms with Crippen LogP contribution in [0.4, 0.5) is 0 Å². The van der Waals surface area contributed by atoms with Crippen LogP contribution in [0.25, 0.3) is 0 Å². The predicted molar refractivity (Wildman–Crippen MR) is 191 cm³/mol. The molecule has 1 aromatic heterocycles. The second-order valence-corrected chi connectivity index (χ2v) is 12.3. The van der Waals surface area contributed by atoms with Gasteiger partial charge in [0.05, 0.1) is 22.8 Å². The second kappa shape index (κ2) is 11.6. The number of hydrogen-bond acceptors (Lipinski definition) is 5. The molecule has 0 N–H and O–H groups in total. The summed E-state index contributed by atoms with van der Waals surface area (Å²) >= 11 is 8.76. The summed E-state index contributed by atoms with van der Waals surface area (Å²) in [5.74, 6) is 0. The first kappa shape index (κ1) is 28.3. The van der Waals surface area contributed by atoms with Crippen LogP contribution in [-0.4, -0.2) is 22.8 Å². The van der Waals surface area contributed by atoms with Gasteiger partial charge in [-0.3, -0.25) is 0 Å². The summed E-state index contributed by atoms with van der Waals surface area (Å²) < 4.78 is 0. The Balaban J connectivity index is 1.53. The van der Waals surface area contributed by atoms with Gasteiger partial charge >= 0.3 is 0 Å². The number of hydrogen-bond donors (Lipinski definition) is 0. The van der Waals surface area contributed by atoms with Crippen LogP contribution >= 0.6 is 22.9 Å². The van der Waals surface area contributed by atoms with Crippen molar-refractivity contribution in [3.8, 4) is 0 Å². The van der Waals surface area contributed by atoms with E-state index in [1.54, 1.807) is 11.3 Å². The lowest BCUT2D eigenvalue weighted by Crippen LogP contribution is -2.43. The van der Waals surface area contributed by atoms with E-state index in [1.165, 1.54) is 0 Å². The largest absolute Gasteiger partial charge is 0.243 e. The molecule has 0 amide bonds. The van der Waals surface area contributed by atoms with Gasteiger partial charge in [0.15, 0.2) is 0 Å². The molecule has 220 valence electrons. The van der Waals surface area contributed by atoms with Crippen LogP contribution in [0.2, 0.25) is 5.02 Å². The van der Waals surface area contributed by atoms with E-state index in [9.17, 15) is 0 Å². The van der Waals surface area contributed by atoms with Crippen molar-refractivity contribution in [2.45, 2.75) is 11.3 Å². The van der Waals surface area contributed by atoms with Gasteiger partial charge in [0, 0.05) is 38.4 Å². The highest BCUT2D eigenvalue weighted by atomic mass is 35.5. The van der Waals surface area contributed by atoms with Gasteiger partial charge in [-0.15, -0.1) is 0 Å². The van der Waals surface area contributed by atoms with Crippen molar-refractivity contribution >= 4 is 45.8 Å². The summed E-state index contributed by atoms with van der Waals surface area (Å²) in [6.07, 6.45) is 0. The van der Waals surface area contributed by atoms with Gasteiger partial charge in [-0.25, -0.2) is 20.0 Å². The summed E-state index contributed by atoms with van der Waals surface area (Å²) in [6.45, 7) is 0. The molecule has 8 rings (SSSR count). The molecule has 2 aliphatic rings. The van der Waals surface area contributed by atoms with Crippen LogP contribution < -0.4 is 0 Å². The average molecular weight is 631 g/mol. The van der Waals surface area contributed by atoms with Crippen LogP contribution in [0.5, 0.6) is 0 Å². The number of benzene rings is 5. The van der Waals surface area contributed by atoms with E-state index in [-0.39, 0.29) is 0 Å². The van der Waals surface area contributed by atoms with Gasteiger partial charge < -0.3 is 0 Å². The maximum atomic E-state index is 7.16. The predicted octanol–water partition coefficient (Wildman–Crippen LogP) is 9.39. The molecule has 5 aromatic carbocycles. The van der Waals surface area contributed by atoms with E-state index in [0.29, 0.717) is 5.02 Å². The lowest BCUT2D eigenvalue weighted by Gasteiger charge is -2.38. The van der Waals surface area contributed by atoms with Crippen LogP contribution in [0.1, 0.15) is 33.4 Å². The monoisotopic (exact) mass is 630 g/mol. The fraction of sp³-hybridized carbons (Fsp3) is 0.0500. The molecule has 6 aromatic rings. The maximum Gasteiger partial charge on any atom is 0.227 e. The fourth-order valence-electron chi connectivity index (χ4n) is 6.26. The number of nitrogens with zero attached hydrogens (tertiary/aromatic N) is 4. The highest BCUT2D eigenvalue weighted by Gasteiger charge is 2.61. The first-order valence-electron chi connectivity index (χ1n) is 15.1. The summed E-state index contributed by atoms with van der Waals surface area (Å²) in [7, 11) is 0. The molecule has 0 spiro atoms. The lowest BCUT2D eigenvalue weighted by molar-refractivity contribution is 0.258. The van der Waals surface area contributed by atoms with E-state index in [0.717, 1.165) is 56.2 Å². The summed E-state index contributed by atoms with van der Waals surface area (Å²) in [5.41, 5.74) is 5.87. The third kappa shape index (κ3) is 4.59. The third-order valence-electron chi connectivity index (χ3n) is 8.39. The molecule has 0 atom stereocenters. The molecule has 0 aliphatic carbocycles. The molecule has 0 saturated heterocycles. The zero-order chi connectivity index (χ0) is 31.0. The molecule has 0 unspecified atom stereocenters. The quantitative estimate of drug-likeness (QED) is 0.169. The molecule has 3 heterocycles. The van der Waals surface area contributed by atoms with E-state index >= 15 is 0 Å². The van der Waals surface area contributed by atoms with Crippen molar-refractivity contribution in [2.75, 3.05) is 0 Å².